The van der Waals surface area contributed by atoms with Crippen molar-refractivity contribution in [3.05, 3.63) is 95.3 Å². The smallest absolute Gasteiger partial charge is 0.249 e. The molecule has 4 heteroatoms. The molecule has 168 valence electrons. The van der Waals surface area contributed by atoms with Crippen LogP contribution in [-0.2, 0) is 29.2 Å². The van der Waals surface area contributed by atoms with E-state index in [1.807, 2.05) is 30.3 Å². The zero-order valence-electron chi connectivity index (χ0n) is 19.1. The first-order valence-electron chi connectivity index (χ1n) is 11.8. The van der Waals surface area contributed by atoms with Crippen molar-refractivity contribution in [1.82, 2.24) is 9.47 Å². The van der Waals surface area contributed by atoms with Gasteiger partial charge in [0, 0.05) is 24.5 Å². The van der Waals surface area contributed by atoms with Gasteiger partial charge in [-0.1, -0.05) is 79.4 Å². The van der Waals surface area contributed by atoms with Gasteiger partial charge >= 0.3 is 0 Å². The molecule has 2 aromatic carbocycles. The Morgan fingerprint density at radius 1 is 0.969 bits per heavy atom. The number of amides is 1. The van der Waals surface area contributed by atoms with E-state index in [9.17, 15) is 4.79 Å². The molecule has 0 atom stereocenters. The van der Waals surface area contributed by atoms with Crippen molar-refractivity contribution in [3.63, 3.8) is 0 Å². The maximum Gasteiger partial charge on any atom is 0.249 e. The van der Waals surface area contributed by atoms with Gasteiger partial charge in [0.2, 0.25) is 5.91 Å². The summed E-state index contributed by atoms with van der Waals surface area (Å²) >= 11 is 0. The van der Waals surface area contributed by atoms with Crippen molar-refractivity contribution in [1.29, 1.82) is 0 Å². The molecule has 0 spiro atoms. The molecule has 0 N–H and O–H groups in total. The minimum absolute atomic E-state index is 0.0936. The third-order valence-electron chi connectivity index (χ3n) is 6.36. The van der Waals surface area contributed by atoms with Crippen molar-refractivity contribution in [3.8, 4) is 0 Å². The number of carbonyl (C=O) groups is 1. The first kappa shape index (κ1) is 22.3. The van der Waals surface area contributed by atoms with Gasteiger partial charge < -0.3 is 14.2 Å². The number of carbonyl (C=O) groups excluding carboxylic acids is 1. The fourth-order valence-corrected chi connectivity index (χ4v) is 4.66. The van der Waals surface area contributed by atoms with Crippen LogP contribution in [0.25, 0.3) is 0 Å². The zero-order valence-corrected chi connectivity index (χ0v) is 19.1. The molecule has 0 unspecified atom stereocenters. The lowest BCUT2D eigenvalue weighted by molar-refractivity contribution is -0.140. The van der Waals surface area contributed by atoms with E-state index in [0.717, 1.165) is 24.9 Å². The minimum Gasteiger partial charge on any atom is -0.367 e. The Morgan fingerprint density at radius 2 is 1.75 bits per heavy atom. The van der Waals surface area contributed by atoms with E-state index in [1.165, 1.54) is 36.1 Å². The van der Waals surface area contributed by atoms with Gasteiger partial charge in [-0.3, -0.25) is 4.79 Å². The minimum atomic E-state index is 0.0936. The highest BCUT2D eigenvalue weighted by molar-refractivity contribution is 5.77. The fourth-order valence-electron chi connectivity index (χ4n) is 4.66. The van der Waals surface area contributed by atoms with Gasteiger partial charge in [-0.05, 0) is 43.0 Å². The lowest BCUT2D eigenvalue weighted by Gasteiger charge is -2.34. The predicted octanol–water partition coefficient (Wildman–Crippen LogP) is 5.72. The summed E-state index contributed by atoms with van der Waals surface area (Å²) in [5, 5.41) is 0. The molecule has 3 aromatic rings. The Morgan fingerprint density at radius 3 is 2.53 bits per heavy atom. The normalized spacial score (nSPS) is 14.4. The first-order valence-corrected chi connectivity index (χ1v) is 11.8. The van der Waals surface area contributed by atoms with E-state index in [0.29, 0.717) is 19.2 Å². The molecule has 1 aliphatic rings. The van der Waals surface area contributed by atoms with Crippen LogP contribution in [0.2, 0.25) is 0 Å². The number of nitrogens with zero attached hydrogens (tertiary/aromatic N) is 2. The third kappa shape index (κ3) is 6.10. The molecule has 1 aliphatic carbocycles. The second kappa shape index (κ2) is 11.1. The summed E-state index contributed by atoms with van der Waals surface area (Å²) in [4.78, 5) is 15.3. The van der Waals surface area contributed by atoms with Crippen molar-refractivity contribution in [2.45, 2.75) is 64.8 Å². The SMILES string of the molecule is Cc1cccc(Cn2cccc2CN(C(=O)COCc2ccccc2)C2CCCCC2)c1. The van der Waals surface area contributed by atoms with Gasteiger partial charge in [0.05, 0.1) is 13.2 Å². The number of hydrogen-bond donors (Lipinski definition) is 0. The Labute approximate surface area is 191 Å². The van der Waals surface area contributed by atoms with E-state index in [1.54, 1.807) is 0 Å². The summed E-state index contributed by atoms with van der Waals surface area (Å²) in [6.45, 7) is 4.18. The van der Waals surface area contributed by atoms with Crippen molar-refractivity contribution >= 4 is 5.91 Å². The van der Waals surface area contributed by atoms with Crippen LogP contribution in [0.15, 0.2) is 72.9 Å². The van der Waals surface area contributed by atoms with Crippen LogP contribution in [0.1, 0.15) is 54.5 Å². The topological polar surface area (TPSA) is 34.5 Å². The lowest BCUT2D eigenvalue weighted by atomic mass is 9.94. The predicted molar refractivity (Wildman–Crippen MR) is 128 cm³/mol. The monoisotopic (exact) mass is 430 g/mol. The summed E-state index contributed by atoms with van der Waals surface area (Å²) in [6.07, 6.45) is 7.96. The second-order valence-corrected chi connectivity index (χ2v) is 8.91. The van der Waals surface area contributed by atoms with Gasteiger partial charge in [-0.15, -0.1) is 0 Å². The van der Waals surface area contributed by atoms with Crippen LogP contribution in [0.4, 0.5) is 0 Å². The molecule has 0 bridgehead atoms. The van der Waals surface area contributed by atoms with Gasteiger partial charge in [0.25, 0.3) is 0 Å². The third-order valence-corrected chi connectivity index (χ3v) is 6.36. The van der Waals surface area contributed by atoms with E-state index in [-0.39, 0.29) is 12.5 Å². The van der Waals surface area contributed by atoms with Gasteiger partial charge in [-0.2, -0.15) is 0 Å². The van der Waals surface area contributed by atoms with Crippen molar-refractivity contribution in [2.75, 3.05) is 6.61 Å². The Hall–Kier alpha value is -2.85. The molecule has 4 nitrogen and oxygen atoms in total. The van der Waals surface area contributed by atoms with Gasteiger partial charge in [0.15, 0.2) is 0 Å². The van der Waals surface area contributed by atoms with E-state index in [2.05, 4.69) is 59.0 Å². The van der Waals surface area contributed by atoms with Crippen LogP contribution < -0.4 is 0 Å². The Balaban J connectivity index is 1.44. The standard InChI is InChI=1S/C28H34N2O2/c1-23-10-8-13-25(18-23)19-29-17-9-16-27(29)20-30(26-14-6-3-7-15-26)28(31)22-32-21-24-11-4-2-5-12-24/h2,4-5,8-13,16-18,26H,3,6-7,14-15,19-22H2,1H3. The highest BCUT2D eigenvalue weighted by Crippen LogP contribution is 2.25. The summed E-state index contributed by atoms with van der Waals surface area (Å²) in [6, 6.07) is 23.2. The second-order valence-electron chi connectivity index (χ2n) is 8.91. The average molecular weight is 431 g/mol. The molecule has 32 heavy (non-hydrogen) atoms. The molecule has 1 amide bonds. The maximum absolute atomic E-state index is 13.3. The van der Waals surface area contributed by atoms with Gasteiger partial charge in [-0.25, -0.2) is 0 Å². The number of benzene rings is 2. The van der Waals surface area contributed by atoms with Crippen LogP contribution in [0, 0.1) is 6.92 Å². The van der Waals surface area contributed by atoms with Crippen LogP contribution in [-0.4, -0.2) is 28.0 Å². The molecule has 1 aromatic heterocycles. The zero-order chi connectivity index (χ0) is 22.2. The average Bonchev–Trinajstić information content (AvgIpc) is 3.25. The molecular formula is C28H34N2O2. The quantitative estimate of drug-likeness (QED) is 0.435. The number of aromatic nitrogens is 1. The van der Waals surface area contributed by atoms with Crippen molar-refractivity contribution < 1.29 is 9.53 Å². The van der Waals surface area contributed by atoms with Crippen molar-refractivity contribution in [2.24, 2.45) is 0 Å². The van der Waals surface area contributed by atoms with Crippen LogP contribution in [0.5, 0.6) is 0 Å². The molecule has 1 heterocycles. The molecule has 0 radical (unpaired) electrons. The van der Waals surface area contributed by atoms with E-state index >= 15 is 0 Å². The highest BCUT2D eigenvalue weighted by Gasteiger charge is 2.26. The van der Waals surface area contributed by atoms with E-state index in [4.69, 9.17) is 4.74 Å². The molecule has 0 saturated heterocycles. The fraction of sp³-hybridized carbons (Fsp3) is 0.393. The van der Waals surface area contributed by atoms with Crippen LogP contribution >= 0.6 is 0 Å². The van der Waals surface area contributed by atoms with Gasteiger partial charge in [0.1, 0.15) is 6.61 Å². The number of rotatable bonds is 9. The number of ether oxygens (including phenoxy) is 1. The number of hydrogen-bond acceptors (Lipinski definition) is 2. The van der Waals surface area contributed by atoms with Crippen LogP contribution in [0.3, 0.4) is 0 Å². The summed E-state index contributed by atoms with van der Waals surface area (Å²) in [5.41, 5.74) is 4.82. The molecular weight excluding hydrogens is 396 g/mol. The molecule has 1 saturated carbocycles. The first-order chi connectivity index (χ1) is 15.7. The molecule has 1 fully saturated rings. The Kier molecular flexibility index (Phi) is 7.78. The largest absolute Gasteiger partial charge is 0.367 e. The summed E-state index contributed by atoms with van der Waals surface area (Å²) in [7, 11) is 0. The molecule has 0 aliphatic heterocycles. The number of aryl methyl sites for hydroxylation is 1. The summed E-state index contributed by atoms with van der Waals surface area (Å²) in [5.74, 6) is 0.0936. The van der Waals surface area contributed by atoms with E-state index < -0.39 is 0 Å². The Bertz CT molecular complexity index is 989. The lowest BCUT2D eigenvalue weighted by Crippen LogP contribution is -2.43. The highest BCUT2D eigenvalue weighted by atomic mass is 16.5. The maximum atomic E-state index is 13.3. The summed E-state index contributed by atoms with van der Waals surface area (Å²) < 4.78 is 8.08. The molecule has 4 rings (SSSR count).